The number of aryl methyl sites for hydroxylation is 3. The molecule has 0 heterocycles. The molecule has 2 aromatic carbocycles. The maximum Gasteiger partial charge on any atom is 0.262 e. The zero-order chi connectivity index (χ0) is 17.7. The van der Waals surface area contributed by atoms with Gasteiger partial charge in [-0.15, -0.1) is 0 Å². The Labute approximate surface area is 142 Å². The standard InChI is InChI=1S/C19H22N2O3/c1-12-7-13(2)9-17(8-12)24-11-19(23)21-16-6-5-14(3)18(10-16)20-15(4)22/h5-10H,11H2,1-4H3,(H,20,22)(H,21,23). The lowest BCUT2D eigenvalue weighted by Gasteiger charge is -2.11. The van der Waals surface area contributed by atoms with Crippen LogP contribution < -0.4 is 15.4 Å². The smallest absolute Gasteiger partial charge is 0.262 e. The summed E-state index contributed by atoms with van der Waals surface area (Å²) in [5, 5.41) is 5.50. The van der Waals surface area contributed by atoms with Gasteiger partial charge in [0.25, 0.3) is 5.91 Å². The Morgan fingerprint density at radius 1 is 0.958 bits per heavy atom. The van der Waals surface area contributed by atoms with Crippen molar-refractivity contribution in [1.29, 1.82) is 0 Å². The van der Waals surface area contributed by atoms with Crippen molar-refractivity contribution in [3.63, 3.8) is 0 Å². The molecule has 0 radical (unpaired) electrons. The summed E-state index contributed by atoms with van der Waals surface area (Å²) in [6.07, 6.45) is 0. The summed E-state index contributed by atoms with van der Waals surface area (Å²) in [5.74, 6) is 0.261. The van der Waals surface area contributed by atoms with Crippen molar-refractivity contribution >= 4 is 23.2 Å². The lowest BCUT2D eigenvalue weighted by Crippen LogP contribution is -2.20. The normalized spacial score (nSPS) is 10.2. The fraction of sp³-hybridized carbons (Fsp3) is 0.263. The molecule has 0 aliphatic rings. The van der Waals surface area contributed by atoms with E-state index in [1.54, 1.807) is 12.1 Å². The molecule has 0 bridgehead atoms. The van der Waals surface area contributed by atoms with Crippen molar-refractivity contribution < 1.29 is 14.3 Å². The number of anilines is 2. The SMILES string of the molecule is CC(=O)Nc1cc(NC(=O)COc2cc(C)cc(C)c2)ccc1C. The summed E-state index contributed by atoms with van der Waals surface area (Å²) in [6, 6.07) is 11.2. The molecule has 0 fully saturated rings. The molecule has 0 unspecified atom stereocenters. The van der Waals surface area contributed by atoms with Crippen LogP contribution in [0.4, 0.5) is 11.4 Å². The number of carbonyl (C=O) groups excluding carboxylic acids is 2. The first-order chi connectivity index (χ1) is 11.3. The Kier molecular flexibility index (Phi) is 5.58. The molecular weight excluding hydrogens is 304 g/mol. The largest absolute Gasteiger partial charge is 0.484 e. The van der Waals surface area contributed by atoms with E-state index in [1.165, 1.54) is 6.92 Å². The van der Waals surface area contributed by atoms with Crippen LogP contribution in [0.3, 0.4) is 0 Å². The Hall–Kier alpha value is -2.82. The molecule has 2 rings (SSSR count). The van der Waals surface area contributed by atoms with Crippen molar-refractivity contribution in [2.24, 2.45) is 0 Å². The molecule has 0 aliphatic carbocycles. The highest BCUT2D eigenvalue weighted by molar-refractivity contribution is 5.94. The van der Waals surface area contributed by atoms with E-state index in [-0.39, 0.29) is 18.4 Å². The Morgan fingerprint density at radius 2 is 1.62 bits per heavy atom. The lowest BCUT2D eigenvalue weighted by molar-refractivity contribution is -0.118. The van der Waals surface area contributed by atoms with Crippen molar-refractivity contribution in [1.82, 2.24) is 0 Å². The number of hydrogen-bond donors (Lipinski definition) is 2. The highest BCUT2D eigenvalue weighted by Gasteiger charge is 2.07. The number of hydrogen-bond acceptors (Lipinski definition) is 3. The highest BCUT2D eigenvalue weighted by atomic mass is 16.5. The third-order valence-corrected chi connectivity index (χ3v) is 3.40. The van der Waals surface area contributed by atoms with E-state index in [1.807, 2.05) is 45.0 Å². The number of ether oxygens (including phenoxy) is 1. The minimum absolute atomic E-state index is 0.0771. The number of rotatable bonds is 5. The van der Waals surface area contributed by atoms with Crippen LogP contribution in [0.2, 0.25) is 0 Å². The second-order valence-electron chi connectivity index (χ2n) is 5.87. The second-order valence-corrected chi connectivity index (χ2v) is 5.87. The van der Waals surface area contributed by atoms with Crippen molar-refractivity contribution in [3.8, 4) is 5.75 Å². The first kappa shape index (κ1) is 17.5. The zero-order valence-electron chi connectivity index (χ0n) is 14.4. The van der Waals surface area contributed by atoms with Gasteiger partial charge >= 0.3 is 0 Å². The topological polar surface area (TPSA) is 67.4 Å². The maximum absolute atomic E-state index is 12.1. The van der Waals surface area contributed by atoms with Gasteiger partial charge in [0, 0.05) is 18.3 Å². The van der Waals surface area contributed by atoms with Crippen LogP contribution in [-0.4, -0.2) is 18.4 Å². The van der Waals surface area contributed by atoms with E-state index in [2.05, 4.69) is 10.6 Å². The van der Waals surface area contributed by atoms with Gasteiger partial charge in [0.2, 0.25) is 5.91 Å². The summed E-state index contributed by atoms with van der Waals surface area (Å²) in [6.45, 7) is 7.22. The van der Waals surface area contributed by atoms with Crippen LogP contribution in [0.1, 0.15) is 23.6 Å². The molecule has 0 spiro atoms. The number of nitrogens with one attached hydrogen (secondary N) is 2. The second kappa shape index (κ2) is 7.64. The Balaban J connectivity index is 1.98. The van der Waals surface area contributed by atoms with E-state index in [0.29, 0.717) is 17.1 Å². The van der Waals surface area contributed by atoms with E-state index in [0.717, 1.165) is 16.7 Å². The fourth-order valence-corrected chi connectivity index (χ4v) is 2.39. The molecular formula is C19H22N2O3. The molecule has 2 aromatic rings. The number of benzene rings is 2. The summed E-state index contributed by atoms with van der Waals surface area (Å²) in [5.41, 5.74) is 4.39. The summed E-state index contributed by atoms with van der Waals surface area (Å²) in [7, 11) is 0. The molecule has 0 saturated carbocycles. The molecule has 5 nitrogen and oxygen atoms in total. The molecule has 2 N–H and O–H groups in total. The molecule has 0 saturated heterocycles. The van der Waals surface area contributed by atoms with Gasteiger partial charge in [0.05, 0.1) is 0 Å². The predicted octanol–water partition coefficient (Wildman–Crippen LogP) is 3.59. The summed E-state index contributed by atoms with van der Waals surface area (Å²) >= 11 is 0. The maximum atomic E-state index is 12.1. The van der Waals surface area contributed by atoms with E-state index in [9.17, 15) is 9.59 Å². The monoisotopic (exact) mass is 326 g/mol. The minimum Gasteiger partial charge on any atom is -0.484 e. The Morgan fingerprint density at radius 3 is 2.25 bits per heavy atom. The van der Waals surface area contributed by atoms with Crippen LogP contribution in [-0.2, 0) is 9.59 Å². The molecule has 0 aliphatic heterocycles. The first-order valence-electron chi connectivity index (χ1n) is 7.72. The average molecular weight is 326 g/mol. The van der Waals surface area contributed by atoms with Gasteiger partial charge < -0.3 is 15.4 Å². The van der Waals surface area contributed by atoms with Gasteiger partial charge in [0.15, 0.2) is 6.61 Å². The van der Waals surface area contributed by atoms with Crippen LogP contribution in [0, 0.1) is 20.8 Å². The molecule has 2 amide bonds. The van der Waals surface area contributed by atoms with E-state index in [4.69, 9.17) is 4.74 Å². The van der Waals surface area contributed by atoms with Gasteiger partial charge in [-0.1, -0.05) is 12.1 Å². The van der Waals surface area contributed by atoms with Gasteiger partial charge in [-0.2, -0.15) is 0 Å². The van der Waals surface area contributed by atoms with Crippen molar-refractivity contribution in [2.75, 3.05) is 17.2 Å². The van der Waals surface area contributed by atoms with E-state index < -0.39 is 0 Å². The van der Waals surface area contributed by atoms with Crippen LogP contribution in [0.5, 0.6) is 5.75 Å². The van der Waals surface area contributed by atoms with Crippen molar-refractivity contribution in [3.05, 3.63) is 53.1 Å². The fourth-order valence-electron chi connectivity index (χ4n) is 2.39. The van der Waals surface area contributed by atoms with Gasteiger partial charge in [-0.05, 0) is 61.7 Å². The molecule has 24 heavy (non-hydrogen) atoms. The van der Waals surface area contributed by atoms with Gasteiger partial charge in [0.1, 0.15) is 5.75 Å². The average Bonchev–Trinajstić information content (AvgIpc) is 2.47. The first-order valence-corrected chi connectivity index (χ1v) is 7.72. The highest BCUT2D eigenvalue weighted by Crippen LogP contribution is 2.20. The van der Waals surface area contributed by atoms with E-state index >= 15 is 0 Å². The molecule has 0 atom stereocenters. The molecule has 126 valence electrons. The van der Waals surface area contributed by atoms with Crippen LogP contribution in [0.15, 0.2) is 36.4 Å². The van der Waals surface area contributed by atoms with Crippen molar-refractivity contribution in [2.45, 2.75) is 27.7 Å². The van der Waals surface area contributed by atoms with Gasteiger partial charge in [-0.25, -0.2) is 0 Å². The lowest BCUT2D eigenvalue weighted by atomic mass is 10.1. The van der Waals surface area contributed by atoms with Crippen LogP contribution in [0.25, 0.3) is 0 Å². The number of amides is 2. The number of carbonyl (C=O) groups is 2. The Bertz CT molecular complexity index is 749. The summed E-state index contributed by atoms with van der Waals surface area (Å²) < 4.78 is 5.54. The third kappa shape index (κ3) is 5.12. The third-order valence-electron chi connectivity index (χ3n) is 3.40. The van der Waals surface area contributed by atoms with Crippen LogP contribution >= 0.6 is 0 Å². The molecule has 0 aromatic heterocycles. The minimum atomic E-state index is -0.258. The predicted molar refractivity (Wildman–Crippen MR) is 95.5 cm³/mol. The molecule has 5 heteroatoms. The summed E-state index contributed by atoms with van der Waals surface area (Å²) in [4.78, 5) is 23.2. The quantitative estimate of drug-likeness (QED) is 0.882. The van der Waals surface area contributed by atoms with Gasteiger partial charge in [-0.3, -0.25) is 9.59 Å². The zero-order valence-corrected chi connectivity index (χ0v) is 14.4.